The lowest BCUT2D eigenvalue weighted by molar-refractivity contribution is 0.186. The van der Waals surface area contributed by atoms with Crippen molar-refractivity contribution >= 4 is 6.03 Å². The molecule has 0 aliphatic carbocycles. The number of rotatable bonds is 6. The lowest BCUT2D eigenvalue weighted by Gasteiger charge is -2.32. The molecular formula is C21H25F2N3O2. The van der Waals surface area contributed by atoms with Crippen LogP contribution in [0.4, 0.5) is 13.6 Å². The van der Waals surface area contributed by atoms with Gasteiger partial charge in [0.05, 0.1) is 7.11 Å². The van der Waals surface area contributed by atoms with Crippen LogP contribution in [0.1, 0.15) is 24.0 Å². The first-order valence-electron chi connectivity index (χ1n) is 9.37. The molecule has 1 fully saturated rings. The number of halogens is 2. The Labute approximate surface area is 163 Å². The minimum Gasteiger partial charge on any atom is -0.494 e. The Bertz CT molecular complexity index is 791. The van der Waals surface area contributed by atoms with Crippen LogP contribution < -0.4 is 15.4 Å². The van der Waals surface area contributed by atoms with Gasteiger partial charge in [-0.05, 0) is 48.2 Å². The summed E-state index contributed by atoms with van der Waals surface area (Å²) >= 11 is 0. The van der Waals surface area contributed by atoms with E-state index in [9.17, 15) is 13.6 Å². The largest absolute Gasteiger partial charge is 0.494 e. The van der Waals surface area contributed by atoms with Crippen LogP contribution in [0.3, 0.4) is 0 Å². The molecule has 0 radical (unpaired) electrons. The van der Waals surface area contributed by atoms with Gasteiger partial charge in [0.1, 0.15) is 5.82 Å². The van der Waals surface area contributed by atoms with Crippen LogP contribution in [-0.4, -0.2) is 37.2 Å². The fourth-order valence-corrected chi connectivity index (χ4v) is 3.32. The van der Waals surface area contributed by atoms with Crippen molar-refractivity contribution in [3.63, 3.8) is 0 Å². The third-order valence-electron chi connectivity index (χ3n) is 4.91. The van der Waals surface area contributed by atoms with Gasteiger partial charge in [0.2, 0.25) is 0 Å². The molecule has 1 aliphatic heterocycles. The van der Waals surface area contributed by atoms with Gasteiger partial charge in [-0.25, -0.2) is 13.6 Å². The maximum atomic E-state index is 13.8. The topological polar surface area (TPSA) is 53.6 Å². The standard InChI is InChI=1S/C21H25F2N3O2/c1-28-20-7-4-16(12-19(20)23)14-26-10-8-18(9-11-26)25-21(27)24-13-15-2-5-17(22)6-3-15/h2-7,12,18H,8-11,13-14H2,1H3,(H2,24,25,27). The number of urea groups is 1. The molecule has 1 aliphatic rings. The van der Waals surface area contributed by atoms with E-state index < -0.39 is 0 Å². The Balaban J connectivity index is 1.39. The van der Waals surface area contributed by atoms with Gasteiger partial charge < -0.3 is 15.4 Å². The van der Waals surface area contributed by atoms with Crippen molar-refractivity contribution in [2.24, 2.45) is 0 Å². The second-order valence-electron chi connectivity index (χ2n) is 6.97. The predicted molar refractivity (Wildman–Crippen MR) is 103 cm³/mol. The van der Waals surface area contributed by atoms with E-state index in [0.717, 1.165) is 37.1 Å². The molecule has 1 heterocycles. The van der Waals surface area contributed by atoms with Crippen molar-refractivity contribution in [2.45, 2.75) is 32.0 Å². The average Bonchev–Trinajstić information content (AvgIpc) is 2.69. The van der Waals surface area contributed by atoms with Gasteiger partial charge in [-0.15, -0.1) is 0 Å². The first-order valence-corrected chi connectivity index (χ1v) is 9.37. The van der Waals surface area contributed by atoms with Gasteiger partial charge in [-0.2, -0.15) is 0 Å². The molecule has 0 atom stereocenters. The fourth-order valence-electron chi connectivity index (χ4n) is 3.32. The molecule has 0 spiro atoms. The molecule has 7 heteroatoms. The Morgan fingerprint density at radius 3 is 2.43 bits per heavy atom. The SMILES string of the molecule is COc1ccc(CN2CCC(NC(=O)NCc3ccc(F)cc3)CC2)cc1F. The number of carbonyl (C=O) groups excluding carboxylic acids is 1. The van der Waals surface area contributed by atoms with E-state index in [1.54, 1.807) is 18.2 Å². The number of hydrogen-bond donors (Lipinski definition) is 2. The summed E-state index contributed by atoms with van der Waals surface area (Å²) in [6, 6.07) is 11.0. The normalized spacial score (nSPS) is 15.2. The zero-order chi connectivity index (χ0) is 19.9. The molecule has 0 unspecified atom stereocenters. The summed E-state index contributed by atoms with van der Waals surface area (Å²) in [5, 5.41) is 5.78. The molecule has 0 bridgehead atoms. The molecule has 0 saturated carbocycles. The quantitative estimate of drug-likeness (QED) is 0.796. The van der Waals surface area contributed by atoms with E-state index in [-0.39, 0.29) is 29.5 Å². The fraction of sp³-hybridized carbons (Fsp3) is 0.381. The minimum absolute atomic E-state index is 0.108. The number of benzene rings is 2. The summed E-state index contributed by atoms with van der Waals surface area (Å²) in [4.78, 5) is 14.3. The molecule has 2 aromatic rings. The van der Waals surface area contributed by atoms with E-state index in [0.29, 0.717) is 13.1 Å². The molecule has 28 heavy (non-hydrogen) atoms. The van der Waals surface area contributed by atoms with Crippen LogP contribution in [0, 0.1) is 11.6 Å². The van der Waals surface area contributed by atoms with Gasteiger partial charge in [0.25, 0.3) is 0 Å². The zero-order valence-corrected chi connectivity index (χ0v) is 15.9. The number of amides is 2. The number of piperidine rings is 1. The van der Waals surface area contributed by atoms with E-state index in [2.05, 4.69) is 15.5 Å². The van der Waals surface area contributed by atoms with Crippen LogP contribution in [0.15, 0.2) is 42.5 Å². The van der Waals surface area contributed by atoms with Crippen molar-refractivity contribution < 1.29 is 18.3 Å². The third-order valence-corrected chi connectivity index (χ3v) is 4.91. The highest BCUT2D eigenvalue weighted by Gasteiger charge is 2.21. The maximum Gasteiger partial charge on any atom is 0.315 e. The van der Waals surface area contributed by atoms with Crippen molar-refractivity contribution in [3.8, 4) is 5.75 Å². The Morgan fingerprint density at radius 1 is 1.11 bits per heavy atom. The van der Waals surface area contributed by atoms with E-state index in [4.69, 9.17) is 4.74 Å². The van der Waals surface area contributed by atoms with Crippen LogP contribution >= 0.6 is 0 Å². The van der Waals surface area contributed by atoms with Crippen molar-refractivity contribution in [1.29, 1.82) is 0 Å². The summed E-state index contributed by atoms with van der Waals surface area (Å²) < 4.78 is 31.6. The highest BCUT2D eigenvalue weighted by Crippen LogP contribution is 2.20. The van der Waals surface area contributed by atoms with Gasteiger partial charge in [0.15, 0.2) is 11.6 Å². The van der Waals surface area contributed by atoms with Crippen LogP contribution in [0.5, 0.6) is 5.75 Å². The second-order valence-corrected chi connectivity index (χ2v) is 6.97. The molecule has 0 aromatic heterocycles. The number of methoxy groups -OCH3 is 1. The van der Waals surface area contributed by atoms with Crippen molar-refractivity contribution in [1.82, 2.24) is 15.5 Å². The van der Waals surface area contributed by atoms with Crippen molar-refractivity contribution in [2.75, 3.05) is 20.2 Å². The molecule has 3 rings (SSSR count). The summed E-state index contributed by atoms with van der Waals surface area (Å²) in [5.41, 5.74) is 1.75. The highest BCUT2D eigenvalue weighted by molar-refractivity contribution is 5.74. The van der Waals surface area contributed by atoms with E-state index >= 15 is 0 Å². The monoisotopic (exact) mass is 389 g/mol. The van der Waals surface area contributed by atoms with Crippen LogP contribution in [-0.2, 0) is 13.1 Å². The van der Waals surface area contributed by atoms with Gasteiger partial charge in [-0.3, -0.25) is 4.90 Å². The molecule has 5 nitrogen and oxygen atoms in total. The molecule has 2 aromatic carbocycles. The number of hydrogen-bond acceptors (Lipinski definition) is 3. The lowest BCUT2D eigenvalue weighted by atomic mass is 10.0. The number of carbonyl (C=O) groups is 1. The molecular weight excluding hydrogens is 364 g/mol. The average molecular weight is 389 g/mol. The number of nitrogens with zero attached hydrogens (tertiary/aromatic N) is 1. The van der Waals surface area contributed by atoms with Crippen LogP contribution in [0.25, 0.3) is 0 Å². The van der Waals surface area contributed by atoms with Crippen molar-refractivity contribution in [3.05, 3.63) is 65.2 Å². The third kappa shape index (κ3) is 5.66. The van der Waals surface area contributed by atoms with Crippen LogP contribution in [0.2, 0.25) is 0 Å². The summed E-state index contributed by atoms with van der Waals surface area (Å²) in [5.74, 6) is -0.398. The van der Waals surface area contributed by atoms with Gasteiger partial charge >= 0.3 is 6.03 Å². The number of nitrogens with one attached hydrogen (secondary N) is 2. The van der Waals surface area contributed by atoms with E-state index in [1.165, 1.54) is 25.3 Å². The Hall–Kier alpha value is -2.67. The molecule has 1 saturated heterocycles. The molecule has 2 amide bonds. The molecule has 2 N–H and O–H groups in total. The first kappa shape index (κ1) is 20.1. The number of likely N-dealkylation sites (tertiary alicyclic amines) is 1. The summed E-state index contributed by atoms with van der Waals surface area (Å²) in [6.45, 7) is 2.69. The second kappa shape index (κ2) is 9.50. The van der Waals surface area contributed by atoms with E-state index in [1.807, 2.05) is 6.07 Å². The highest BCUT2D eigenvalue weighted by atomic mass is 19.1. The summed E-state index contributed by atoms with van der Waals surface area (Å²) in [7, 11) is 1.45. The Kier molecular flexibility index (Phi) is 6.81. The van der Waals surface area contributed by atoms with Gasteiger partial charge in [-0.1, -0.05) is 18.2 Å². The Morgan fingerprint density at radius 2 is 1.79 bits per heavy atom. The predicted octanol–water partition coefficient (Wildman–Crippen LogP) is 3.44. The first-order chi connectivity index (χ1) is 13.5. The summed E-state index contributed by atoms with van der Waals surface area (Å²) in [6.07, 6.45) is 1.67. The maximum absolute atomic E-state index is 13.8. The minimum atomic E-state index is -0.352. The zero-order valence-electron chi connectivity index (χ0n) is 15.9. The molecule has 150 valence electrons. The lowest BCUT2D eigenvalue weighted by Crippen LogP contribution is -2.47. The van der Waals surface area contributed by atoms with Gasteiger partial charge in [0, 0.05) is 32.2 Å². The smallest absolute Gasteiger partial charge is 0.315 e. The number of ether oxygens (including phenoxy) is 1.